The lowest BCUT2D eigenvalue weighted by molar-refractivity contribution is 0.650. The van der Waals surface area contributed by atoms with E-state index in [1.165, 1.54) is 22.3 Å². The molecular formula is C15H17N. The minimum atomic E-state index is 0.141. The third-order valence-electron chi connectivity index (χ3n) is 3.83. The molecule has 82 valence electrons. The topological polar surface area (TPSA) is 26.0 Å². The van der Waals surface area contributed by atoms with Crippen LogP contribution in [0.1, 0.15) is 31.4 Å². The Morgan fingerprint density at radius 3 is 2.81 bits per heavy atom. The molecule has 1 nitrogen and oxygen atoms in total. The van der Waals surface area contributed by atoms with Crippen molar-refractivity contribution in [1.29, 1.82) is 0 Å². The molecule has 1 unspecified atom stereocenters. The first-order valence-corrected chi connectivity index (χ1v) is 5.89. The molecule has 16 heavy (non-hydrogen) atoms. The predicted molar refractivity (Wildman–Crippen MR) is 68.1 cm³/mol. The number of nitrogens with two attached hydrogens (primary N) is 1. The summed E-state index contributed by atoms with van der Waals surface area (Å²) in [6.45, 7) is 4.60. The molecular weight excluding hydrogens is 194 g/mol. The number of benzene rings is 1. The molecule has 0 amide bonds. The Kier molecular flexibility index (Phi) is 1.90. The van der Waals surface area contributed by atoms with Gasteiger partial charge in [-0.25, -0.2) is 0 Å². The fraction of sp³-hybridized carbons (Fsp3) is 0.333. The normalized spacial score (nSPS) is 25.6. The summed E-state index contributed by atoms with van der Waals surface area (Å²) in [5, 5.41) is 0. The lowest BCUT2D eigenvalue weighted by Gasteiger charge is -2.24. The molecule has 1 heteroatoms. The summed E-state index contributed by atoms with van der Waals surface area (Å²) >= 11 is 0. The molecule has 0 aliphatic heterocycles. The molecule has 0 bridgehead atoms. The predicted octanol–water partition coefficient (Wildman–Crippen LogP) is 3.02. The molecule has 1 atom stereocenters. The summed E-state index contributed by atoms with van der Waals surface area (Å²) in [6, 6.07) is 8.86. The second-order valence-electron chi connectivity index (χ2n) is 5.27. The van der Waals surface area contributed by atoms with Crippen LogP contribution in [0.4, 0.5) is 0 Å². The van der Waals surface area contributed by atoms with Gasteiger partial charge in [-0.15, -0.1) is 0 Å². The molecule has 0 heterocycles. The van der Waals surface area contributed by atoms with Crippen molar-refractivity contribution in [1.82, 2.24) is 0 Å². The molecule has 2 N–H and O–H groups in total. The van der Waals surface area contributed by atoms with Crippen molar-refractivity contribution in [2.45, 2.75) is 31.7 Å². The van der Waals surface area contributed by atoms with Gasteiger partial charge in [-0.1, -0.05) is 50.3 Å². The average Bonchev–Trinajstić information content (AvgIpc) is 2.49. The summed E-state index contributed by atoms with van der Waals surface area (Å²) in [7, 11) is 0. The van der Waals surface area contributed by atoms with Crippen LogP contribution in [0.3, 0.4) is 0 Å². The first-order valence-electron chi connectivity index (χ1n) is 5.89. The van der Waals surface area contributed by atoms with Crippen LogP contribution in [0.25, 0.3) is 5.57 Å². The molecule has 1 aromatic rings. The summed E-state index contributed by atoms with van der Waals surface area (Å²) in [4.78, 5) is 0. The average molecular weight is 211 g/mol. The molecule has 3 rings (SSSR count). The molecule has 0 aromatic heterocycles. The van der Waals surface area contributed by atoms with Crippen LogP contribution in [-0.4, -0.2) is 6.04 Å². The van der Waals surface area contributed by atoms with Gasteiger partial charge in [0.15, 0.2) is 0 Å². The third kappa shape index (κ3) is 1.15. The van der Waals surface area contributed by atoms with Crippen molar-refractivity contribution >= 4 is 5.57 Å². The fourth-order valence-corrected chi connectivity index (χ4v) is 2.97. The first-order chi connectivity index (χ1) is 7.60. The highest BCUT2D eigenvalue weighted by Crippen LogP contribution is 2.50. The summed E-state index contributed by atoms with van der Waals surface area (Å²) in [6.07, 6.45) is 5.51. The quantitative estimate of drug-likeness (QED) is 0.701. The van der Waals surface area contributed by atoms with E-state index in [1.807, 2.05) is 0 Å². The van der Waals surface area contributed by atoms with E-state index in [4.69, 9.17) is 5.73 Å². The number of fused-ring (bicyclic) bond motifs is 3. The van der Waals surface area contributed by atoms with Crippen LogP contribution in [0.5, 0.6) is 0 Å². The zero-order valence-corrected chi connectivity index (χ0v) is 9.83. The highest BCUT2D eigenvalue weighted by molar-refractivity contribution is 5.90. The van der Waals surface area contributed by atoms with E-state index in [-0.39, 0.29) is 11.5 Å². The lowest BCUT2D eigenvalue weighted by atomic mass is 9.80. The van der Waals surface area contributed by atoms with Gasteiger partial charge < -0.3 is 5.73 Å². The molecule has 1 aromatic carbocycles. The SMILES string of the molecule is CC1(C)C2=CCC(N)C=C2c2ccccc21. The van der Waals surface area contributed by atoms with Gasteiger partial charge in [0.2, 0.25) is 0 Å². The van der Waals surface area contributed by atoms with Gasteiger partial charge in [-0.3, -0.25) is 0 Å². The minimum absolute atomic E-state index is 0.141. The Labute approximate surface area is 96.7 Å². The Bertz CT molecular complexity index is 506. The first kappa shape index (κ1) is 9.86. The van der Waals surface area contributed by atoms with Gasteiger partial charge in [-0.05, 0) is 28.7 Å². The van der Waals surface area contributed by atoms with Gasteiger partial charge in [0.1, 0.15) is 0 Å². The van der Waals surface area contributed by atoms with Crippen molar-refractivity contribution in [3.8, 4) is 0 Å². The van der Waals surface area contributed by atoms with Gasteiger partial charge in [0.25, 0.3) is 0 Å². The molecule has 0 saturated heterocycles. The van der Waals surface area contributed by atoms with Crippen LogP contribution in [-0.2, 0) is 5.41 Å². The Hall–Kier alpha value is -1.34. The lowest BCUT2D eigenvalue weighted by Crippen LogP contribution is -2.22. The molecule has 0 spiro atoms. The van der Waals surface area contributed by atoms with E-state index in [2.05, 4.69) is 50.3 Å². The maximum absolute atomic E-state index is 6.02. The van der Waals surface area contributed by atoms with Gasteiger partial charge in [-0.2, -0.15) is 0 Å². The van der Waals surface area contributed by atoms with Crippen LogP contribution in [0.2, 0.25) is 0 Å². The fourth-order valence-electron chi connectivity index (χ4n) is 2.97. The van der Waals surface area contributed by atoms with Crippen molar-refractivity contribution in [2.24, 2.45) is 5.73 Å². The van der Waals surface area contributed by atoms with Crippen LogP contribution >= 0.6 is 0 Å². The van der Waals surface area contributed by atoms with Crippen LogP contribution in [0, 0.1) is 0 Å². The van der Waals surface area contributed by atoms with E-state index in [1.54, 1.807) is 0 Å². The Morgan fingerprint density at radius 2 is 2.00 bits per heavy atom. The highest BCUT2D eigenvalue weighted by atomic mass is 14.6. The number of rotatable bonds is 0. The smallest absolute Gasteiger partial charge is 0.0268 e. The molecule has 0 saturated carbocycles. The van der Waals surface area contributed by atoms with E-state index in [0.29, 0.717) is 0 Å². The Balaban J connectivity index is 2.29. The number of hydrogen-bond acceptors (Lipinski definition) is 1. The maximum Gasteiger partial charge on any atom is 0.0268 e. The van der Waals surface area contributed by atoms with E-state index >= 15 is 0 Å². The Morgan fingerprint density at radius 1 is 1.25 bits per heavy atom. The maximum atomic E-state index is 6.02. The van der Waals surface area contributed by atoms with Crippen molar-refractivity contribution in [3.05, 3.63) is 53.1 Å². The molecule has 2 aliphatic carbocycles. The molecule has 0 fully saturated rings. The van der Waals surface area contributed by atoms with E-state index < -0.39 is 0 Å². The van der Waals surface area contributed by atoms with Crippen molar-refractivity contribution in [3.63, 3.8) is 0 Å². The van der Waals surface area contributed by atoms with Crippen LogP contribution in [0.15, 0.2) is 42.0 Å². The zero-order valence-electron chi connectivity index (χ0n) is 9.83. The van der Waals surface area contributed by atoms with Gasteiger partial charge in [0, 0.05) is 11.5 Å². The highest BCUT2D eigenvalue weighted by Gasteiger charge is 2.38. The zero-order chi connectivity index (χ0) is 11.3. The molecule has 0 radical (unpaired) electrons. The van der Waals surface area contributed by atoms with E-state index in [9.17, 15) is 0 Å². The van der Waals surface area contributed by atoms with Gasteiger partial charge in [0.05, 0.1) is 0 Å². The second kappa shape index (κ2) is 3.08. The summed E-state index contributed by atoms with van der Waals surface area (Å²) in [5.41, 5.74) is 11.8. The second-order valence-corrected chi connectivity index (χ2v) is 5.27. The standard InChI is InChI=1S/C15H17N/c1-15(2)13-6-4-3-5-11(13)12-9-10(16)7-8-14(12)15/h3-6,8-10H,7,16H2,1-2H3. The largest absolute Gasteiger partial charge is 0.324 e. The molecule has 2 aliphatic rings. The minimum Gasteiger partial charge on any atom is -0.324 e. The van der Waals surface area contributed by atoms with Crippen molar-refractivity contribution in [2.75, 3.05) is 0 Å². The number of hydrogen-bond donors (Lipinski definition) is 1. The van der Waals surface area contributed by atoms with Gasteiger partial charge >= 0.3 is 0 Å². The number of allylic oxidation sites excluding steroid dienone is 2. The van der Waals surface area contributed by atoms with Crippen LogP contribution < -0.4 is 5.73 Å². The summed E-state index contributed by atoms with van der Waals surface area (Å²) in [5.74, 6) is 0. The summed E-state index contributed by atoms with van der Waals surface area (Å²) < 4.78 is 0. The third-order valence-corrected chi connectivity index (χ3v) is 3.83. The monoisotopic (exact) mass is 211 g/mol. The van der Waals surface area contributed by atoms with Crippen molar-refractivity contribution < 1.29 is 0 Å². The van der Waals surface area contributed by atoms with E-state index in [0.717, 1.165) is 6.42 Å².